The zero-order chi connectivity index (χ0) is 10.3. The van der Waals surface area contributed by atoms with Crippen LogP contribution in [-0.2, 0) is 5.54 Å². The van der Waals surface area contributed by atoms with Gasteiger partial charge in [-0.1, -0.05) is 0 Å². The fourth-order valence-corrected chi connectivity index (χ4v) is 0.941. The average molecular weight is 185 g/mol. The molecule has 1 rings (SSSR count). The van der Waals surface area contributed by atoms with E-state index in [0.717, 1.165) is 0 Å². The molecule has 0 radical (unpaired) electrons. The minimum atomic E-state index is -0.985. The lowest BCUT2D eigenvalue weighted by Crippen LogP contribution is -2.50. The predicted molar refractivity (Wildman–Crippen MR) is 48.5 cm³/mol. The lowest BCUT2D eigenvalue weighted by atomic mass is 9.86. The maximum absolute atomic E-state index is 11.2. The molecule has 1 heterocycles. The summed E-state index contributed by atoms with van der Waals surface area (Å²) in [7, 11) is 0. The fraction of sp³-hybridized carbons (Fsp3) is 0.750. The Morgan fingerprint density at radius 2 is 2.00 bits per heavy atom. The molecule has 0 amide bonds. The summed E-state index contributed by atoms with van der Waals surface area (Å²) in [5, 5.41) is 15.7. The minimum absolute atomic E-state index is 0.313. The molecule has 0 aliphatic heterocycles. The second-order valence-corrected chi connectivity index (χ2v) is 4.15. The molecule has 13 heavy (non-hydrogen) atoms. The number of aromatic amines is 1. The van der Waals surface area contributed by atoms with Crippen LogP contribution < -0.4 is 5.69 Å². The predicted octanol–water partition coefficient (Wildman–Crippen LogP) is 0.0774. The van der Waals surface area contributed by atoms with Crippen LogP contribution in [0, 0.1) is 0 Å². The number of nitrogens with zero attached hydrogens (tertiary/aromatic N) is 2. The molecule has 0 saturated carbocycles. The van der Waals surface area contributed by atoms with E-state index in [1.54, 1.807) is 27.7 Å². The van der Waals surface area contributed by atoms with Crippen LogP contribution in [0.2, 0.25) is 0 Å². The number of H-pyrrole nitrogens is 1. The summed E-state index contributed by atoms with van der Waals surface area (Å²) < 4.78 is 1.38. The summed E-state index contributed by atoms with van der Waals surface area (Å²) in [6.07, 6.45) is 1.39. The average Bonchev–Trinajstić information content (AvgIpc) is 2.32. The molecule has 2 N–H and O–H groups in total. The van der Waals surface area contributed by atoms with Crippen LogP contribution in [0.15, 0.2) is 11.1 Å². The molecule has 0 saturated heterocycles. The lowest BCUT2D eigenvalue weighted by molar-refractivity contribution is -0.0279. The lowest BCUT2D eigenvalue weighted by Gasteiger charge is -2.37. The van der Waals surface area contributed by atoms with Crippen LogP contribution in [0.3, 0.4) is 0 Å². The highest BCUT2D eigenvalue weighted by atomic mass is 16.3. The first-order valence-corrected chi connectivity index (χ1v) is 4.11. The highest BCUT2D eigenvalue weighted by Gasteiger charge is 2.37. The van der Waals surface area contributed by atoms with Crippen LogP contribution in [0.1, 0.15) is 27.7 Å². The third kappa shape index (κ3) is 1.51. The van der Waals surface area contributed by atoms with E-state index >= 15 is 0 Å². The molecule has 74 valence electrons. The Balaban J connectivity index is 3.23. The van der Waals surface area contributed by atoms with Gasteiger partial charge in [0.05, 0.1) is 11.1 Å². The van der Waals surface area contributed by atoms with Crippen molar-refractivity contribution in [3.05, 3.63) is 16.8 Å². The van der Waals surface area contributed by atoms with E-state index < -0.39 is 11.1 Å². The SMILES string of the molecule is CC(C)(O)C(C)(C)n1cn[nH]c1=O. The standard InChI is InChI=1S/C8H15N3O2/c1-7(2,8(3,4)13)11-5-9-10-6(11)12/h5,13H,1-4H3,(H,10,12). The van der Waals surface area contributed by atoms with Crippen molar-refractivity contribution in [3.63, 3.8) is 0 Å². The normalized spacial score (nSPS) is 13.3. The Morgan fingerprint density at radius 1 is 1.46 bits per heavy atom. The first-order valence-electron chi connectivity index (χ1n) is 4.11. The molecular formula is C8H15N3O2. The van der Waals surface area contributed by atoms with Crippen molar-refractivity contribution in [1.82, 2.24) is 14.8 Å². The first-order chi connectivity index (χ1) is 5.77. The van der Waals surface area contributed by atoms with Gasteiger partial charge in [-0.3, -0.25) is 4.57 Å². The number of nitrogens with one attached hydrogen (secondary N) is 1. The largest absolute Gasteiger partial charge is 0.388 e. The van der Waals surface area contributed by atoms with Gasteiger partial charge in [-0.15, -0.1) is 0 Å². The molecule has 0 aromatic carbocycles. The van der Waals surface area contributed by atoms with Gasteiger partial charge >= 0.3 is 5.69 Å². The maximum Gasteiger partial charge on any atom is 0.343 e. The highest BCUT2D eigenvalue weighted by Crippen LogP contribution is 2.26. The summed E-state index contributed by atoms with van der Waals surface area (Å²) in [6, 6.07) is 0. The summed E-state index contributed by atoms with van der Waals surface area (Å²) in [4.78, 5) is 11.2. The van der Waals surface area contributed by atoms with Gasteiger partial charge in [-0.2, -0.15) is 5.10 Å². The van der Waals surface area contributed by atoms with Gasteiger partial charge in [-0.05, 0) is 27.7 Å². The van der Waals surface area contributed by atoms with Crippen molar-refractivity contribution in [1.29, 1.82) is 0 Å². The van der Waals surface area contributed by atoms with E-state index in [2.05, 4.69) is 10.2 Å². The van der Waals surface area contributed by atoms with Crippen molar-refractivity contribution in [2.24, 2.45) is 0 Å². The van der Waals surface area contributed by atoms with Gasteiger partial charge in [0, 0.05) is 0 Å². The second kappa shape index (κ2) is 2.70. The monoisotopic (exact) mass is 185 g/mol. The Kier molecular flexibility index (Phi) is 2.07. The number of aliphatic hydroxyl groups is 1. The summed E-state index contributed by atoms with van der Waals surface area (Å²) in [5.74, 6) is 0. The Labute approximate surface area is 76.4 Å². The van der Waals surface area contributed by atoms with Crippen LogP contribution in [-0.4, -0.2) is 25.5 Å². The molecule has 0 bridgehead atoms. The number of rotatable bonds is 2. The van der Waals surface area contributed by atoms with Crippen molar-refractivity contribution in [2.45, 2.75) is 38.8 Å². The van der Waals surface area contributed by atoms with Crippen molar-refractivity contribution >= 4 is 0 Å². The van der Waals surface area contributed by atoms with E-state index in [0.29, 0.717) is 0 Å². The number of aromatic nitrogens is 3. The fourth-order valence-electron chi connectivity index (χ4n) is 0.941. The van der Waals surface area contributed by atoms with Gasteiger partial charge in [0.25, 0.3) is 0 Å². The van der Waals surface area contributed by atoms with E-state index in [9.17, 15) is 9.90 Å². The topological polar surface area (TPSA) is 70.9 Å². The quantitative estimate of drug-likeness (QED) is 0.685. The van der Waals surface area contributed by atoms with E-state index in [-0.39, 0.29) is 5.69 Å². The number of hydrogen-bond donors (Lipinski definition) is 2. The van der Waals surface area contributed by atoms with Crippen LogP contribution in [0.4, 0.5) is 0 Å². The molecule has 5 nitrogen and oxygen atoms in total. The molecule has 0 aliphatic rings. The zero-order valence-electron chi connectivity index (χ0n) is 8.33. The molecule has 0 atom stereocenters. The molecule has 1 aromatic heterocycles. The third-order valence-electron chi connectivity index (χ3n) is 2.65. The van der Waals surface area contributed by atoms with Gasteiger partial charge in [0.2, 0.25) is 0 Å². The zero-order valence-corrected chi connectivity index (χ0v) is 8.33. The van der Waals surface area contributed by atoms with Crippen LogP contribution >= 0.6 is 0 Å². The van der Waals surface area contributed by atoms with Gasteiger partial charge in [0.15, 0.2) is 0 Å². The maximum atomic E-state index is 11.2. The Hall–Kier alpha value is -1.10. The Bertz CT molecular complexity index is 343. The highest BCUT2D eigenvalue weighted by molar-refractivity contribution is 4.93. The summed E-state index contributed by atoms with van der Waals surface area (Å²) >= 11 is 0. The third-order valence-corrected chi connectivity index (χ3v) is 2.65. The smallest absolute Gasteiger partial charge is 0.343 e. The van der Waals surface area contributed by atoms with Gasteiger partial charge < -0.3 is 5.11 Å². The van der Waals surface area contributed by atoms with Crippen molar-refractivity contribution in [2.75, 3.05) is 0 Å². The van der Waals surface area contributed by atoms with Gasteiger partial charge in [0.1, 0.15) is 6.33 Å². The van der Waals surface area contributed by atoms with Crippen LogP contribution in [0.25, 0.3) is 0 Å². The van der Waals surface area contributed by atoms with Crippen LogP contribution in [0.5, 0.6) is 0 Å². The van der Waals surface area contributed by atoms with E-state index in [1.165, 1.54) is 10.9 Å². The molecule has 0 spiro atoms. The van der Waals surface area contributed by atoms with Gasteiger partial charge in [-0.25, -0.2) is 9.89 Å². The first kappa shape index (κ1) is 9.98. The Morgan fingerprint density at radius 3 is 2.31 bits per heavy atom. The number of hydrogen-bond acceptors (Lipinski definition) is 3. The summed E-state index contributed by atoms with van der Waals surface area (Å²) in [6.45, 7) is 6.88. The minimum Gasteiger partial charge on any atom is -0.388 e. The van der Waals surface area contributed by atoms with E-state index in [1.807, 2.05) is 0 Å². The molecular weight excluding hydrogens is 170 g/mol. The van der Waals surface area contributed by atoms with Crippen molar-refractivity contribution < 1.29 is 5.11 Å². The second-order valence-electron chi connectivity index (χ2n) is 4.15. The molecule has 1 aromatic rings. The van der Waals surface area contributed by atoms with E-state index in [4.69, 9.17) is 0 Å². The molecule has 5 heteroatoms. The molecule has 0 unspecified atom stereocenters. The molecule has 0 aliphatic carbocycles. The van der Waals surface area contributed by atoms with Crippen molar-refractivity contribution in [3.8, 4) is 0 Å². The summed E-state index contributed by atoms with van der Waals surface area (Å²) in [5.41, 5.74) is -1.98. The molecule has 0 fully saturated rings.